The molecular weight excluding hydrogens is 314 g/mol. The lowest BCUT2D eigenvalue weighted by molar-refractivity contribution is -0.308. The number of piperazine rings is 1. The maximum absolute atomic E-state index is 12.2. The summed E-state index contributed by atoms with van der Waals surface area (Å²) in [6.07, 6.45) is -18.9. The van der Waals surface area contributed by atoms with Gasteiger partial charge in [-0.05, 0) is 0 Å². The van der Waals surface area contributed by atoms with Gasteiger partial charge in [-0.3, -0.25) is 0 Å². The molecule has 1 aliphatic heterocycles. The van der Waals surface area contributed by atoms with Crippen molar-refractivity contribution in [3.05, 3.63) is 0 Å². The van der Waals surface area contributed by atoms with Crippen LogP contribution in [0.25, 0.3) is 0 Å². The Labute approximate surface area is 113 Å². The number of alkyl halides is 6. The fourth-order valence-electron chi connectivity index (χ4n) is 1.57. The molecule has 0 atom stereocenters. The Hall–Kier alpha value is -1.88. The largest absolute Gasteiger partial charge is 0.465 e. The second-order valence-corrected chi connectivity index (χ2v) is 4.10. The zero-order valence-corrected chi connectivity index (χ0v) is 10.2. The second kappa shape index (κ2) is 5.85. The Bertz CT molecular complexity index is 388. The summed E-state index contributed by atoms with van der Waals surface area (Å²) in [6.45, 7) is -1.17. The topological polar surface area (TPSA) is 70.1 Å². The van der Waals surface area contributed by atoms with E-state index in [-0.39, 0.29) is 26.2 Å². The SMILES string of the molecule is O=C(O)N1CCN(C(=O)OC(C(F)(F)F)C(F)(F)F)CC1. The fourth-order valence-corrected chi connectivity index (χ4v) is 1.57. The number of carboxylic acid groups (broad SMARTS) is 1. The molecule has 122 valence electrons. The first-order valence-electron chi connectivity index (χ1n) is 5.50. The molecule has 0 radical (unpaired) electrons. The highest BCUT2D eigenvalue weighted by molar-refractivity contribution is 5.69. The normalized spacial score (nSPS) is 17.1. The Kier molecular flexibility index (Phi) is 4.79. The van der Waals surface area contributed by atoms with Crippen LogP contribution in [0, 0.1) is 0 Å². The minimum Gasteiger partial charge on any atom is -0.465 e. The molecule has 0 bridgehead atoms. The Balaban J connectivity index is 2.66. The zero-order valence-electron chi connectivity index (χ0n) is 10.2. The van der Waals surface area contributed by atoms with Crippen molar-refractivity contribution >= 4 is 12.2 Å². The molecule has 0 spiro atoms. The summed E-state index contributed by atoms with van der Waals surface area (Å²) in [6, 6.07) is 0. The fraction of sp³-hybridized carbons (Fsp3) is 0.778. The Morgan fingerprint density at radius 2 is 1.29 bits per heavy atom. The van der Waals surface area contributed by atoms with E-state index in [0.29, 0.717) is 4.90 Å². The van der Waals surface area contributed by atoms with Gasteiger partial charge in [-0.15, -0.1) is 0 Å². The first-order valence-corrected chi connectivity index (χ1v) is 5.50. The molecule has 1 rings (SSSR count). The van der Waals surface area contributed by atoms with Gasteiger partial charge in [-0.2, -0.15) is 26.3 Å². The van der Waals surface area contributed by atoms with Gasteiger partial charge >= 0.3 is 24.5 Å². The van der Waals surface area contributed by atoms with Crippen LogP contribution in [0.15, 0.2) is 0 Å². The van der Waals surface area contributed by atoms with Gasteiger partial charge in [0.25, 0.3) is 6.10 Å². The number of hydrogen-bond donors (Lipinski definition) is 1. The van der Waals surface area contributed by atoms with E-state index < -0.39 is 30.6 Å². The number of nitrogens with zero attached hydrogens (tertiary/aromatic N) is 2. The van der Waals surface area contributed by atoms with Gasteiger partial charge in [0, 0.05) is 26.2 Å². The van der Waals surface area contributed by atoms with Crippen molar-refractivity contribution in [2.45, 2.75) is 18.5 Å². The molecule has 6 nitrogen and oxygen atoms in total. The molecule has 0 aromatic rings. The minimum atomic E-state index is -5.78. The summed E-state index contributed by atoms with van der Waals surface area (Å²) in [5.74, 6) is 0. The van der Waals surface area contributed by atoms with Gasteiger partial charge in [0.1, 0.15) is 0 Å². The Morgan fingerprint density at radius 1 is 0.905 bits per heavy atom. The quantitative estimate of drug-likeness (QED) is 0.748. The van der Waals surface area contributed by atoms with E-state index in [1.165, 1.54) is 0 Å². The van der Waals surface area contributed by atoms with Crippen molar-refractivity contribution in [3.63, 3.8) is 0 Å². The van der Waals surface area contributed by atoms with Crippen LogP contribution in [0.1, 0.15) is 0 Å². The average molecular weight is 324 g/mol. The minimum absolute atomic E-state index is 0.229. The number of hydrogen-bond acceptors (Lipinski definition) is 3. The molecule has 0 saturated carbocycles. The van der Waals surface area contributed by atoms with Gasteiger partial charge in [0.2, 0.25) is 0 Å². The van der Waals surface area contributed by atoms with Crippen molar-refractivity contribution in [2.75, 3.05) is 26.2 Å². The van der Waals surface area contributed by atoms with Crippen LogP contribution < -0.4 is 0 Å². The molecule has 0 aliphatic carbocycles. The molecule has 1 fully saturated rings. The summed E-state index contributed by atoms with van der Waals surface area (Å²) in [4.78, 5) is 23.3. The molecule has 0 unspecified atom stereocenters. The van der Waals surface area contributed by atoms with E-state index in [4.69, 9.17) is 5.11 Å². The van der Waals surface area contributed by atoms with E-state index in [1.807, 2.05) is 0 Å². The van der Waals surface area contributed by atoms with Gasteiger partial charge in [-0.1, -0.05) is 0 Å². The van der Waals surface area contributed by atoms with E-state index in [1.54, 1.807) is 0 Å². The van der Waals surface area contributed by atoms with Crippen LogP contribution in [0.5, 0.6) is 0 Å². The highest BCUT2D eigenvalue weighted by Crippen LogP contribution is 2.36. The highest BCUT2D eigenvalue weighted by Gasteiger charge is 2.60. The van der Waals surface area contributed by atoms with Crippen molar-refractivity contribution in [2.24, 2.45) is 0 Å². The average Bonchev–Trinajstić information content (AvgIpc) is 2.33. The summed E-state index contributed by atoms with van der Waals surface area (Å²) in [7, 11) is 0. The third-order valence-corrected chi connectivity index (χ3v) is 2.62. The number of carbonyl (C=O) groups is 2. The van der Waals surface area contributed by atoms with Crippen molar-refractivity contribution in [1.82, 2.24) is 9.80 Å². The smallest absolute Gasteiger partial charge is 0.434 e. The van der Waals surface area contributed by atoms with Crippen LogP contribution in [0.4, 0.5) is 35.9 Å². The summed E-state index contributed by atoms with van der Waals surface area (Å²) in [5, 5.41) is 8.62. The molecule has 1 N–H and O–H groups in total. The number of halogens is 6. The second-order valence-electron chi connectivity index (χ2n) is 4.10. The molecule has 2 amide bonds. The number of rotatable bonds is 1. The molecule has 0 aromatic heterocycles. The molecular formula is C9H10F6N2O4. The summed E-state index contributed by atoms with van der Waals surface area (Å²) < 4.78 is 76.7. The number of ether oxygens (including phenoxy) is 1. The summed E-state index contributed by atoms with van der Waals surface area (Å²) >= 11 is 0. The third kappa shape index (κ3) is 4.56. The maximum atomic E-state index is 12.2. The zero-order chi connectivity index (χ0) is 16.4. The molecule has 1 aliphatic rings. The highest BCUT2D eigenvalue weighted by atomic mass is 19.4. The maximum Gasteiger partial charge on any atom is 0.434 e. The lowest BCUT2D eigenvalue weighted by Gasteiger charge is -2.33. The standard InChI is InChI=1S/C9H10F6N2O4/c10-8(11,12)5(9(13,14)15)21-7(20)17-3-1-16(2-4-17)6(18)19/h5H,1-4H2,(H,18,19). The van der Waals surface area contributed by atoms with Gasteiger partial charge < -0.3 is 19.6 Å². The Morgan fingerprint density at radius 3 is 1.62 bits per heavy atom. The number of carbonyl (C=O) groups excluding carboxylic acids is 1. The van der Waals surface area contributed by atoms with Crippen molar-refractivity contribution in [3.8, 4) is 0 Å². The molecule has 21 heavy (non-hydrogen) atoms. The molecule has 12 heteroatoms. The monoisotopic (exact) mass is 324 g/mol. The molecule has 1 heterocycles. The van der Waals surface area contributed by atoms with Gasteiger partial charge in [-0.25, -0.2) is 9.59 Å². The van der Waals surface area contributed by atoms with Crippen molar-refractivity contribution < 1.29 is 45.8 Å². The van der Waals surface area contributed by atoms with E-state index >= 15 is 0 Å². The van der Waals surface area contributed by atoms with Gasteiger partial charge in [0.15, 0.2) is 0 Å². The third-order valence-electron chi connectivity index (χ3n) is 2.62. The lowest BCUT2D eigenvalue weighted by atomic mass is 10.3. The lowest BCUT2D eigenvalue weighted by Crippen LogP contribution is -2.53. The molecule has 1 saturated heterocycles. The predicted octanol–water partition coefficient (Wildman–Crippen LogP) is 1.91. The van der Waals surface area contributed by atoms with Crippen molar-refractivity contribution in [1.29, 1.82) is 0 Å². The van der Waals surface area contributed by atoms with E-state index in [2.05, 4.69) is 4.74 Å². The predicted molar refractivity (Wildman–Crippen MR) is 53.5 cm³/mol. The first-order chi connectivity index (χ1) is 9.43. The van der Waals surface area contributed by atoms with Gasteiger partial charge in [0.05, 0.1) is 0 Å². The van der Waals surface area contributed by atoms with Crippen LogP contribution in [0.3, 0.4) is 0 Å². The van der Waals surface area contributed by atoms with Crippen LogP contribution in [0.2, 0.25) is 0 Å². The summed E-state index contributed by atoms with van der Waals surface area (Å²) in [5.41, 5.74) is 0. The first kappa shape index (κ1) is 17.2. The van der Waals surface area contributed by atoms with Crippen LogP contribution in [-0.4, -0.2) is 71.7 Å². The van der Waals surface area contributed by atoms with Crippen LogP contribution >= 0.6 is 0 Å². The van der Waals surface area contributed by atoms with E-state index in [0.717, 1.165) is 4.90 Å². The van der Waals surface area contributed by atoms with Crippen LogP contribution in [-0.2, 0) is 4.74 Å². The molecule has 0 aromatic carbocycles. The number of amides is 2. The van der Waals surface area contributed by atoms with E-state index in [9.17, 15) is 35.9 Å².